The summed E-state index contributed by atoms with van der Waals surface area (Å²) in [5.41, 5.74) is 0.602. The largest absolute Gasteiger partial charge is 0.339 e. The van der Waals surface area contributed by atoms with Crippen molar-refractivity contribution in [2.45, 2.75) is 51.5 Å². The first-order chi connectivity index (χ1) is 15.4. The van der Waals surface area contributed by atoms with Crippen molar-refractivity contribution < 1.29 is 14.4 Å². The number of urea groups is 1. The monoisotopic (exact) mass is 454 g/mol. The average Bonchev–Trinajstić information content (AvgIpc) is 3.40. The summed E-state index contributed by atoms with van der Waals surface area (Å²) in [7, 11) is 0. The third kappa shape index (κ3) is 4.28. The molecule has 8 heteroatoms. The molecule has 2 aliphatic rings. The first kappa shape index (κ1) is 22.5. The number of piperidine rings is 1. The molecule has 1 atom stereocenters. The molecule has 0 bridgehead atoms. The molecule has 4 rings (SSSR count). The fraction of sp³-hybridized carbons (Fsp3) is 0.500. The van der Waals surface area contributed by atoms with Gasteiger partial charge in [0.25, 0.3) is 11.8 Å². The van der Waals surface area contributed by atoms with Crippen LogP contribution in [-0.2, 0) is 11.2 Å². The second-order valence-corrected chi connectivity index (χ2v) is 9.72. The van der Waals surface area contributed by atoms with E-state index >= 15 is 0 Å². The molecule has 32 heavy (non-hydrogen) atoms. The second-order valence-electron chi connectivity index (χ2n) is 8.69. The molecule has 2 aromatic rings. The minimum absolute atomic E-state index is 0.0193. The topological polar surface area (TPSA) is 82.6 Å². The molecule has 2 fully saturated rings. The van der Waals surface area contributed by atoms with Gasteiger partial charge in [0.15, 0.2) is 0 Å². The maximum atomic E-state index is 13.5. The fourth-order valence-electron chi connectivity index (χ4n) is 4.92. The van der Waals surface area contributed by atoms with E-state index in [0.717, 1.165) is 17.0 Å². The number of amides is 4. The Kier molecular flexibility index (Phi) is 6.60. The van der Waals surface area contributed by atoms with Crippen LogP contribution in [0.1, 0.15) is 53.5 Å². The number of aryl methyl sites for hydroxylation is 1. The van der Waals surface area contributed by atoms with Crippen LogP contribution in [0.25, 0.3) is 0 Å². The third-order valence-corrected chi connectivity index (χ3v) is 7.58. The van der Waals surface area contributed by atoms with Crippen LogP contribution in [0.4, 0.5) is 4.79 Å². The first-order valence-corrected chi connectivity index (χ1v) is 12.2. The normalized spacial score (nSPS) is 21.8. The van der Waals surface area contributed by atoms with Crippen molar-refractivity contribution in [2.24, 2.45) is 5.92 Å². The molecular weight excluding hydrogens is 424 g/mol. The minimum atomic E-state index is -0.859. The van der Waals surface area contributed by atoms with Crippen LogP contribution < -0.4 is 5.32 Å². The van der Waals surface area contributed by atoms with Gasteiger partial charge >= 0.3 is 6.03 Å². The molecule has 2 saturated heterocycles. The number of likely N-dealkylation sites (tertiary alicyclic amines) is 1. The summed E-state index contributed by atoms with van der Waals surface area (Å²) in [5.74, 6) is -0.112. The van der Waals surface area contributed by atoms with Gasteiger partial charge in [0, 0.05) is 36.4 Å². The van der Waals surface area contributed by atoms with E-state index in [4.69, 9.17) is 0 Å². The Morgan fingerprint density at radius 3 is 2.66 bits per heavy atom. The van der Waals surface area contributed by atoms with E-state index in [0.29, 0.717) is 50.9 Å². The summed E-state index contributed by atoms with van der Waals surface area (Å²) < 4.78 is 0. The Hall–Kier alpha value is -2.74. The zero-order valence-electron chi connectivity index (χ0n) is 18.7. The SMILES string of the molecule is CCC[C@]1(C2CCN(C(=O)c3ccc(C)nc3)CC2)NC(=O)N(CCc2cccs2)C1=O. The van der Waals surface area contributed by atoms with Crippen molar-refractivity contribution in [3.05, 3.63) is 52.0 Å². The summed E-state index contributed by atoms with van der Waals surface area (Å²) >= 11 is 1.64. The van der Waals surface area contributed by atoms with Gasteiger partial charge in [0.2, 0.25) is 0 Å². The smallest absolute Gasteiger partial charge is 0.325 e. The number of rotatable bonds is 7. The van der Waals surface area contributed by atoms with Crippen LogP contribution >= 0.6 is 11.3 Å². The van der Waals surface area contributed by atoms with Crippen molar-refractivity contribution in [2.75, 3.05) is 19.6 Å². The van der Waals surface area contributed by atoms with Crippen LogP contribution in [0, 0.1) is 12.8 Å². The van der Waals surface area contributed by atoms with Gasteiger partial charge in [-0.25, -0.2) is 4.79 Å². The highest BCUT2D eigenvalue weighted by molar-refractivity contribution is 7.09. The van der Waals surface area contributed by atoms with Gasteiger partial charge in [-0.05, 0) is 62.1 Å². The summed E-state index contributed by atoms with van der Waals surface area (Å²) in [6.07, 6.45) is 5.10. The molecule has 0 spiro atoms. The van der Waals surface area contributed by atoms with Gasteiger partial charge in [-0.1, -0.05) is 19.4 Å². The van der Waals surface area contributed by atoms with Gasteiger partial charge in [-0.3, -0.25) is 19.5 Å². The van der Waals surface area contributed by atoms with Crippen LogP contribution in [0.2, 0.25) is 0 Å². The number of thiophene rings is 1. The highest BCUT2D eigenvalue weighted by Crippen LogP contribution is 2.37. The first-order valence-electron chi connectivity index (χ1n) is 11.3. The lowest BCUT2D eigenvalue weighted by Crippen LogP contribution is -2.56. The van der Waals surface area contributed by atoms with E-state index in [9.17, 15) is 14.4 Å². The van der Waals surface area contributed by atoms with Gasteiger partial charge in [-0.15, -0.1) is 11.3 Å². The lowest BCUT2D eigenvalue weighted by molar-refractivity contribution is -0.134. The van der Waals surface area contributed by atoms with Gasteiger partial charge in [0.1, 0.15) is 5.54 Å². The Balaban J connectivity index is 1.43. The molecule has 0 aliphatic carbocycles. The zero-order chi connectivity index (χ0) is 22.7. The zero-order valence-corrected chi connectivity index (χ0v) is 19.5. The highest BCUT2D eigenvalue weighted by atomic mass is 32.1. The molecule has 1 N–H and O–H groups in total. The summed E-state index contributed by atoms with van der Waals surface area (Å²) in [6, 6.07) is 7.37. The number of imide groups is 1. The van der Waals surface area contributed by atoms with Crippen molar-refractivity contribution in [3.63, 3.8) is 0 Å². The van der Waals surface area contributed by atoms with E-state index < -0.39 is 5.54 Å². The number of nitrogens with zero attached hydrogens (tertiary/aromatic N) is 3. The molecule has 4 heterocycles. The van der Waals surface area contributed by atoms with Crippen molar-refractivity contribution in [3.8, 4) is 0 Å². The molecule has 0 saturated carbocycles. The average molecular weight is 455 g/mol. The lowest BCUT2D eigenvalue weighted by Gasteiger charge is -2.41. The number of pyridine rings is 1. The molecule has 170 valence electrons. The Labute approximate surface area is 192 Å². The van der Waals surface area contributed by atoms with Crippen LogP contribution in [0.3, 0.4) is 0 Å². The van der Waals surface area contributed by atoms with E-state index in [1.54, 1.807) is 17.5 Å². The maximum absolute atomic E-state index is 13.5. The number of aromatic nitrogens is 1. The number of carbonyl (C=O) groups excluding carboxylic acids is 3. The van der Waals surface area contributed by atoms with Gasteiger partial charge < -0.3 is 10.2 Å². The van der Waals surface area contributed by atoms with Crippen LogP contribution in [0.5, 0.6) is 0 Å². The maximum Gasteiger partial charge on any atom is 0.325 e. The van der Waals surface area contributed by atoms with Gasteiger partial charge in [0.05, 0.1) is 5.56 Å². The van der Waals surface area contributed by atoms with Crippen LogP contribution in [-0.4, -0.2) is 57.8 Å². The minimum Gasteiger partial charge on any atom is -0.339 e. The van der Waals surface area contributed by atoms with Gasteiger partial charge in [-0.2, -0.15) is 0 Å². The van der Waals surface area contributed by atoms with Crippen molar-refractivity contribution in [1.82, 2.24) is 20.1 Å². The lowest BCUT2D eigenvalue weighted by atomic mass is 9.74. The Morgan fingerprint density at radius 2 is 2.03 bits per heavy atom. The van der Waals surface area contributed by atoms with E-state index in [1.807, 2.05) is 48.4 Å². The highest BCUT2D eigenvalue weighted by Gasteiger charge is 2.55. The number of carbonyl (C=O) groups is 3. The van der Waals surface area contributed by atoms with E-state index in [2.05, 4.69) is 10.3 Å². The van der Waals surface area contributed by atoms with E-state index in [1.165, 1.54) is 4.90 Å². The predicted molar refractivity (Wildman–Crippen MR) is 124 cm³/mol. The summed E-state index contributed by atoms with van der Waals surface area (Å²) in [4.78, 5) is 47.8. The number of hydrogen-bond acceptors (Lipinski definition) is 5. The molecule has 2 aliphatic heterocycles. The standard InChI is InChI=1S/C24H30N4O3S/c1-3-11-24(22(30)28(23(31)26-24)14-10-20-5-4-15-32-20)19-8-12-27(13-9-19)21(29)18-7-6-17(2)25-16-18/h4-7,15-16,19H,3,8-14H2,1-2H3,(H,26,31)/t24-/m1/s1. The fourth-order valence-corrected chi connectivity index (χ4v) is 5.62. The Morgan fingerprint density at radius 1 is 1.25 bits per heavy atom. The number of nitrogens with one attached hydrogen (secondary N) is 1. The molecule has 0 radical (unpaired) electrons. The Bertz CT molecular complexity index is 968. The van der Waals surface area contributed by atoms with Crippen LogP contribution in [0.15, 0.2) is 35.8 Å². The second kappa shape index (κ2) is 9.40. The molecule has 2 aromatic heterocycles. The summed E-state index contributed by atoms with van der Waals surface area (Å²) in [5, 5.41) is 5.08. The molecule has 0 unspecified atom stereocenters. The molecular formula is C24H30N4O3S. The molecule has 0 aromatic carbocycles. The predicted octanol–water partition coefficient (Wildman–Crippen LogP) is 3.64. The quantitative estimate of drug-likeness (QED) is 0.648. The van der Waals surface area contributed by atoms with Crippen molar-refractivity contribution in [1.29, 1.82) is 0 Å². The molecule has 7 nitrogen and oxygen atoms in total. The third-order valence-electron chi connectivity index (χ3n) is 6.65. The van der Waals surface area contributed by atoms with E-state index in [-0.39, 0.29) is 23.8 Å². The summed E-state index contributed by atoms with van der Waals surface area (Å²) in [6.45, 7) is 5.47. The number of hydrogen-bond donors (Lipinski definition) is 1. The molecule has 4 amide bonds. The van der Waals surface area contributed by atoms with Crippen molar-refractivity contribution >= 4 is 29.2 Å².